The van der Waals surface area contributed by atoms with Crippen LogP contribution in [-0.2, 0) is 6.42 Å². The van der Waals surface area contributed by atoms with Crippen LogP contribution in [0.2, 0.25) is 5.02 Å². The van der Waals surface area contributed by atoms with Gasteiger partial charge in [0.05, 0.1) is 5.02 Å². The Labute approximate surface area is 146 Å². The molecule has 0 spiro atoms. The number of hydrogen-bond donors (Lipinski definition) is 0. The van der Waals surface area contributed by atoms with Crippen molar-refractivity contribution in [3.05, 3.63) is 34.9 Å². The van der Waals surface area contributed by atoms with Crippen molar-refractivity contribution in [3.63, 3.8) is 0 Å². The molecule has 0 radical (unpaired) electrons. The molecule has 0 atom stereocenters. The van der Waals surface area contributed by atoms with Crippen LogP contribution in [0.3, 0.4) is 0 Å². The molecule has 7 heteroatoms. The van der Waals surface area contributed by atoms with E-state index in [1.807, 2.05) is 0 Å². The summed E-state index contributed by atoms with van der Waals surface area (Å²) >= 11 is 5.79. The molecule has 2 heterocycles. The first-order valence-electron chi connectivity index (χ1n) is 8.31. The number of rotatable bonds is 6. The van der Waals surface area contributed by atoms with Crippen LogP contribution in [-0.4, -0.2) is 59.7 Å². The Morgan fingerprint density at radius 1 is 1.21 bits per heavy atom. The number of benzene rings is 1. The van der Waals surface area contributed by atoms with Crippen molar-refractivity contribution in [3.8, 4) is 11.4 Å². The summed E-state index contributed by atoms with van der Waals surface area (Å²) < 4.78 is 18.5. The summed E-state index contributed by atoms with van der Waals surface area (Å²) in [6.45, 7) is 5.70. The Hall–Kier alpha value is -1.50. The maximum absolute atomic E-state index is 13.2. The fourth-order valence-corrected chi connectivity index (χ4v) is 2.97. The van der Waals surface area contributed by atoms with Crippen molar-refractivity contribution >= 4 is 11.6 Å². The van der Waals surface area contributed by atoms with E-state index in [0.717, 1.165) is 52.0 Å². The third kappa shape index (κ3) is 4.53. The molecule has 3 rings (SSSR count). The van der Waals surface area contributed by atoms with Gasteiger partial charge in [0.15, 0.2) is 0 Å². The van der Waals surface area contributed by atoms with Crippen molar-refractivity contribution in [1.29, 1.82) is 0 Å². The highest BCUT2D eigenvalue weighted by Crippen LogP contribution is 2.23. The van der Waals surface area contributed by atoms with E-state index in [9.17, 15) is 4.39 Å². The van der Waals surface area contributed by atoms with Crippen molar-refractivity contribution in [2.45, 2.75) is 19.3 Å². The summed E-state index contributed by atoms with van der Waals surface area (Å²) in [7, 11) is 2.17. The SMILES string of the molecule is CN1CCN(CCCCc2nc(-c3ccc(F)c(Cl)c3)no2)CC1. The Bertz CT molecular complexity index is 670. The van der Waals surface area contributed by atoms with Gasteiger partial charge in [-0.15, -0.1) is 0 Å². The molecular weight excluding hydrogens is 331 g/mol. The fraction of sp³-hybridized carbons (Fsp3) is 0.529. The Kier molecular flexibility index (Phi) is 5.81. The third-order valence-electron chi connectivity index (χ3n) is 4.36. The lowest BCUT2D eigenvalue weighted by molar-refractivity contribution is 0.152. The zero-order valence-electron chi connectivity index (χ0n) is 13.8. The average Bonchev–Trinajstić information content (AvgIpc) is 3.05. The molecule has 1 aliphatic heterocycles. The largest absolute Gasteiger partial charge is 0.339 e. The fourth-order valence-electron chi connectivity index (χ4n) is 2.79. The van der Waals surface area contributed by atoms with Crippen LogP contribution in [0.1, 0.15) is 18.7 Å². The first kappa shape index (κ1) is 17.3. The molecule has 0 aliphatic carbocycles. The van der Waals surface area contributed by atoms with E-state index in [1.165, 1.54) is 12.1 Å². The summed E-state index contributed by atoms with van der Waals surface area (Å²) in [5.74, 6) is 0.614. The summed E-state index contributed by atoms with van der Waals surface area (Å²) in [6, 6.07) is 4.42. The summed E-state index contributed by atoms with van der Waals surface area (Å²) in [5.41, 5.74) is 0.661. The monoisotopic (exact) mass is 352 g/mol. The molecule has 0 amide bonds. The van der Waals surface area contributed by atoms with Gasteiger partial charge in [-0.25, -0.2) is 4.39 Å². The summed E-state index contributed by atoms with van der Waals surface area (Å²) in [5, 5.41) is 4.01. The molecule has 0 saturated carbocycles. The number of halogens is 2. The molecule has 0 N–H and O–H groups in total. The predicted octanol–water partition coefficient (Wildman–Crippen LogP) is 3.10. The first-order valence-corrected chi connectivity index (χ1v) is 8.68. The van der Waals surface area contributed by atoms with Gasteiger partial charge in [0, 0.05) is 38.2 Å². The molecule has 24 heavy (non-hydrogen) atoms. The molecule has 0 unspecified atom stereocenters. The number of nitrogens with zero attached hydrogens (tertiary/aromatic N) is 4. The van der Waals surface area contributed by atoms with E-state index in [2.05, 4.69) is 27.0 Å². The van der Waals surface area contributed by atoms with Crippen LogP contribution >= 0.6 is 11.6 Å². The molecule has 1 aliphatic rings. The highest BCUT2D eigenvalue weighted by Gasteiger charge is 2.14. The minimum Gasteiger partial charge on any atom is -0.339 e. The van der Waals surface area contributed by atoms with Crippen molar-refractivity contribution in [2.24, 2.45) is 0 Å². The summed E-state index contributed by atoms with van der Waals surface area (Å²) in [6.07, 6.45) is 2.89. The van der Waals surface area contributed by atoms with Crippen LogP contribution in [0.4, 0.5) is 4.39 Å². The maximum Gasteiger partial charge on any atom is 0.226 e. The zero-order chi connectivity index (χ0) is 16.9. The average molecular weight is 353 g/mol. The number of hydrogen-bond acceptors (Lipinski definition) is 5. The minimum atomic E-state index is -0.451. The van der Waals surface area contributed by atoms with Crippen LogP contribution in [0.25, 0.3) is 11.4 Å². The van der Waals surface area contributed by atoms with Crippen LogP contribution < -0.4 is 0 Å². The van der Waals surface area contributed by atoms with Gasteiger partial charge in [-0.2, -0.15) is 4.98 Å². The molecule has 5 nitrogen and oxygen atoms in total. The number of likely N-dealkylation sites (N-methyl/N-ethyl adjacent to an activating group) is 1. The number of piperazine rings is 1. The second kappa shape index (κ2) is 8.05. The van der Waals surface area contributed by atoms with Gasteiger partial charge >= 0.3 is 0 Å². The van der Waals surface area contributed by atoms with E-state index >= 15 is 0 Å². The molecule has 1 aromatic heterocycles. The van der Waals surface area contributed by atoms with Crippen molar-refractivity contribution in [1.82, 2.24) is 19.9 Å². The second-order valence-electron chi connectivity index (χ2n) is 6.24. The molecule has 1 fully saturated rings. The number of aromatic nitrogens is 2. The van der Waals surface area contributed by atoms with Crippen LogP contribution in [0.5, 0.6) is 0 Å². The predicted molar refractivity (Wildman–Crippen MR) is 91.6 cm³/mol. The molecular formula is C17H22ClFN4O. The maximum atomic E-state index is 13.2. The third-order valence-corrected chi connectivity index (χ3v) is 4.65. The minimum absolute atomic E-state index is 0.0611. The molecule has 130 valence electrons. The molecule has 2 aromatic rings. The van der Waals surface area contributed by atoms with E-state index in [4.69, 9.17) is 16.1 Å². The molecule has 1 saturated heterocycles. The van der Waals surface area contributed by atoms with Gasteiger partial charge in [0.2, 0.25) is 11.7 Å². The molecule has 0 bridgehead atoms. The van der Waals surface area contributed by atoms with Gasteiger partial charge in [-0.3, -0.25) is 0 Å². The lowest BCUT2D eigenvalue weighted by Crippen LogP contribution is -2.44. The quantitative estimate of drug-likeness (QED) is 0.747. The van der Waals surface area contributed by atoms with Crippen LogP contribution in [0.15, 0.2) is 22.7 Å². The van der Waals surface area contributed by atoms with Gasteiger partial charge in [-0.05, 0) is 44.6 Å². The Morgan fingerprint density at radius 3 is 2.75 bits per heavy atom. The van der Waals surface area contributed by atoms with E-state index in [0.29, 0.717) is 17.3 Å². The zero-order valence-corrected chi connectivity index (χ0v) is 14.6. The van der Waals surface area contributed by atoms with E-state index in [1.54, 1.807) is 6.07 Å². The smallest absolute Gasteiger partial charge is 0.226 e. The van der Waals surface area contributed by atoms with Crippen molar-refractivity contribution in [2.75, 3.05) is 39.8 Å². The number of aryl methyl sites for hydroxylation is 1. The number of unbranched alkanes of at least 4 members (excludes halogenated alkanes) is 1. The summed E-state index contributed by atoms with van der Waals surface area (Å²) in [4.78, 5) is 9.23. The second-order valence-corrected chi connectivity index (χ2v) is 6.65. The highest BCUT2D eigenvalue weighted by atomic mass is 35.5. The topological polar surface area (TPSA) is 45.4 Å². The van der Waals surface area contributed by atoms with Gasteiger partial charge in [0.25, 0.3) is 0 Å². The van der Waals surface area contributed by atoms with Crippen molar-refractivity contribution < 1.29 is 8.91 Å². The van der Waals surface area contributed by atoms with E-state index < -0.39 is 5.82 Å². The Morgan fingerprint density at radius 2 is 2.00 bits per heavy atom. The van der Waals surface area contributed by atoms with Gasteiger partial charge in [0.1, 0.15) is 5.82 Å². The standard InChI is InChI=1S/C17H22ClFN4O/c1-22-8-10-23(11-9-22)7-3-2-4-16-20-17(21-24-16)13-5-6-15(19)14(18)12-13/h5-6,12H,2-4,7-11H2,1H3. The van der Waals surface area contributed by atoms with Gasteiger partial charge < -0.3 is 14.3 Å². The van der Waals surface area contributed by atoms with Crippen LogP contribution in [0, 0.1) is 5.82 Å². The lowest BCUT2D eigenvalue weighted by atomic mass is 10.2. The van der Waals surface area contributed by atoms with Gasteiger partial charge in [-0.1, -0.05) is 16.8 Å². The van der Waals surface area contributed by atoms with E-state index in [-0.39, 0.29) is 5.02 Å². The first-order chi connectivity index (χ1) is 11.6. The molecule has 1 aromatic carbocycles. The lowest BCUT2D eigenvalue weighted by Gasteiger charge is -2.32. The highest BCUT2D eigenvalue weighted by molar-refractivity contribution is 6.31. The normalized spacial score (nSPS) is 16.6. The Balaban J connectivity index is 1.45.